The van der Waals surface area contributed by atoms with Crippen LogP contribution in [0, 0.1) is 6.92 Å². The minimum absolute atomic E-state index is 0.0627. The average molecular weight is 490 g/mol. The van der Waals surface area contributed by atoms with Crippen molar-refractivity contribution in [2.45, 2.75) is 6.92 Å². The third-order valence-electron chi connectivity index (χ3n) is 6.05. The number of hydrogen-bond donors (Lipinski definition) is 3. The van der Waals surface area contributed by atoms with Gasteiger partial charge in [0.05, 0.1) is 24.2 Å². The lowest BCUT2D eigenvalue weighted by Crippen LogP contribution is -2.38. The fraction of sp³-hybridized carbons (Fsp3) is 0.280. The number of amides is 2. The molecule has 0 spiro atoms. The Hall–Kier alpha value is -4.22. The van der Waals surface area contributed by atoms with Gasteiger partial charge in [0, 0.05) is 25.3 Å². The molecule has 3 heterocycles. The Morgan fingerprint density at radius 1 is 1.19 bits per heavy atom. The van der Waals surface area contributed by atoms with Crippen LogP contribution in [0.1, 0.15) is 26.5 Å². The summed E-state index contributed by atoms with van der Waals surface area (Å²) in [7, 11) is 0. The normalized spacial score (nSPS) is 14.1. The second kappa shape index (κ2) is 10.2. The van der Waals surface area contributed by atoms with E-state index in [0.717, 1.165) is 43.9 Å². The number of hydrogen-bond acceptors (Lipinski definition) is 7. The topological polar surface area (TPSA) is 140 Å². The molecule has 1 aliphatic rings. The Kier molecular flexibility index (Phi) is 6.65. The highest BCUT2D eigenvalue weighted by Crippen LogP contribution is 2.23. The quantitative estimate of drug-likeness (QED) is 0.344. The molecular formula is C25H27N7O4. The Bertz CT molecular complexity index is 1370. The van der Waals surface area contributed by atoms with Crippen LogP contribution in [0.15, 0.2) is 48.8 Å². The van der Waals surface area contributed by atoms with Gasteiger partial charge in [-0.2, -0.15) is 0 Å². The summed E-state index contributed by atoms with van der Waals surface area (Å²) < 4.78 is 12.6. The van der Waals surface area contributed by atoms with Crippen LogP contribution in [0.4, 0.5) is 5.69 Å². The van der Waals surface area contributed by atoms with E-state index in [9.17, 15) is 9.59 Å². The molecule has 1 fully saturated rings. The standard InChI is InChI=1S/C25H27N7O4/c1-16-14-17(36-13-10-31-8-11-35-12-9-31)6-7-18(16)28-24(34)21-22(23(26)33)32(15-27-21)25-29-19-4-2-3-5-20(19)30-25/h2-7,14-15H,8-13H2,1H3,(H2,26,33)(H,28,34)(H,29,30). The first-order valence-electron chi connectivity index (χ1n) is 11.7. The Labute approximate surface area is 207 Å². The number of ether oxygens (including phenoxy) is 2. The number of nitrogens with two attached hydrogens (primary N) is 1. The van der Waals surface area contributed by atoms with Gasteiger partial charge < -0.3 is 25.5 Å². The first kappa shape index (κ1) is 23.5. The minimum Gasteiger partial charge on any atom is -0.492 e. The summed E-state index contributed by atoms with van der Waals surface area (Å²) in [5.41, 5.74) is 8.36. The number of carbonyl (C=O) groups excluding carboxylic acids is 2. The lowest BCUT2D eigenvalue weighted by molar-refractivity contribution is 0.0322. The molecule has 4 aromatic rings. The largest absolute Gasteiger partial charge is 0.492 e. The van der Waals surface area contributed by atoms with E-state index >= 15 is 0 Å². The monoisotopic (exact) mass is 489 g/mol. The van der Waals surface area contributed by atoms with Crippen molar-refractivity contribution in [3.8, 4) is 11.7 Å². The van der Waals surface area contributed by atoms with Gasteiger partial charge in [0.25, 0.3) is 11.8 Å². The Balaban J connectivity index is 1.29. The second-order valence-corrected chi connectivity index (χ2v) is 8.49. The van der Waals surface area contributed by atoms with E-state index in [2.05, 4.69) is 25.2 Å². The van der Waals surface area contributed by atoms with Gasteiger partial charge in [-0.15, -0.1) is 0 Å². The van der Waals surface area contributed by atoms with E-state index in [0.29, 0.717) is 29.5 Å². The molecule has 0 aliphatic carbocycles. The molecule has 2 aromatic carbocycles. The number of aromatic nitrogens is 4. The molecule has 2 aromatic heterocycles. The third-order valence-corrected chi connectivity index (χ3v) is 6.05. The van der Waals surface area contributed by atoms with Crippen molar-refractivity contribution in [2.24, 2.45) is 5.73 Å². The number of anilines is 1. The molecule has 36 heavy (non-hydrogen) atoms. The molecule has 186 valence electrons. The number of morpholine rings is 1. The van der Waals surface area contributed by atoms with Gasteiger partial charge in [-0.3, -0.25) is 19.1 Å². The fourth-order valence-corrected chi connectivity index (χ4v) is 4.13. The summed E-state index contributed by atoms with van der Waals surface area (Å²) in [5.74, 6) is -0.293. The van der Waals surface area contributed by atoms with E-state index < -0.39 is 11.8 Å². The number of imidazole rings is 2. The van der Waals surface area contributed by atoms with Crippen molar-refractivity contribution in [3.05, 3.63) is 65.7 Å². The van der Waals surface area contributed by atoms with E-state index in [-0.39, 0.29) is 11.4 Å². The predicted octanol–water partition coefficient (Wildman–Crippen LogP) is 2.12. The van der Waals surface area contributed by atoms with E-state index in [1.165, 1.54) is 10.9 Å². The molecular weight excluding hydrogens is 462 g/mol. The summed E-state index contributed by atoms with van der Waals surface area (Å²) in [4.78, 5) is 39.4. The van der Waals surface area contributed by atoms with Gasteiger partial charge in [-0.05, 0) is 42.8 Å². The van der Waals surface area contributed by atoms with Crippen molar-refractivity contribution in [1.29, 1.82) is 0 Å². The molecule has 0 saturated carbocycles. The van der Waals surface area contributed by atoms with Gasteiger partial charge >= 0.3 is 0 Å². The number of benzene rings is 2. The molecule has 1 saturated heterocycles. The van der Waals surface area contributed by atoms with Crippen LogP contribution in [-0.2, 0) is 4.74 Å². The van der Waals surface area contributed by atoms with Crippen LogP contribution in [0.3, 0.4) is 0 Å². The first-order chi connectivity index (χ1) is 17.5. The molecule has 4 N–H and O–H groups in total. The number of nitrogens with zero attached hydrogens (tertiary/aromatic N) is 4. The summed E-state index contributed by atoms with van der Waals surface area (Å²) in [5, 5.41) is 2.82. The number of para-hydroxylation sites is 2. The van der Waals surface area contributed by atoms with Crippen molar-refractivity contribution < 1.29 is 19.1 Å². The van der Waals surface area contributed by atoms with Crippen LogP contribution in [-0.4, -0.2) is 75.7 Å². The number of aryl methyl sites for hydroxylation is 1. The second-order valence-electron chi connectivity index (χ2n) is 8.49. The molecule has 11 heteroatoms. The highest BCUT2D eigenvalue weighted by atomic mass is 16.5. The van der Waals surface area contributed by atoms with Gasteiger partial charge in [0.1, 0.15) is 24.4 Å². The Morgan fingerprint density at radius 2 is 2.00 bits per heavy atom. The summed E-state index contributed by atoms with van der Waals surface area (Å²) >= 11 is 0. The summed E-state index contributed by atoms with van der Waals surface area (Å²) in [6.07, 6.45) is 1.35. The number of rotatable bonds is 8. The number of aromatic amines is 1. The molecule has 5 rings (SSSR count). The molecule has 0 radical (unpaired) electrons. The SMILES string of the molecule is Cc1cc(OCCN2CCOCC2)ccc1NC(=O)c1ncn(-c2nc3ccccc3[nH]2)c1C(N)=O. The number of primary amides is 1. The maximum atomic E-state index is 13.1. The zero-order valence-electron chi connectivity index (χ0n) is 19.9. The van der Waals surface area contributed by atoms with Crippen molar-refractivity contribution >= 4 is 28.5 Å². The van der Waals surface area contributed by atoms with E-state index in [4.69, 9.17) is 15.2 Å². The van der Waals surface area contributed by atoms with Gasteiger partial charge in [0.2, 0.25) is 5.95 Å². The third kappa shape index (κ3) is 4.92. The maximum Gasteiger partial charge on any atom is 0.276 e. The van der Waals surface area contributed by atoms with Gasteiger partial charge in [0.15, 0.2) is 5.69 Å². The van der Waals surface area contributed by atoms with Gasteiger partial charge in [-0.1, -0.05) is 12.1 Å². The van der Waals surface area contributed by atoms with Crippen molar-refractivity contribution in [1.82, 2.24) is 24.4 Å². The first-order valence-corrected chi connectivity index (χ1v) is 11.7. The van der Waals surface area contributed by atoms with Crippen LogP contribution in [0.2, 0.25) is 0 Å². The molecule has 11 nitrogen and oxygen atoms in total. The lowest BCUT2D eigenvalue weighted by Gasteiger charge is -2.26. The molecule has 2 amide bonds. The fourth-order valence-electron chi connectivity index (χ4n) is 4.13. The predicted molar refractivity (Wildman–Crippen MR) is 134 cm³/mol. The molecule has 1 aliphatic heterocycles. The zero-order chi connectivity index (χ0) is 25.1. The number of H-pyrrole nitrogens is 1. The zero-order valence-corrected chi connectivity index (χ0v) is 19.9. The molecule has 0 bridgehead atoms. The maximum absolute atomic E-state index is 13.1. The van der Waals surface area contributed by atoms with E-state index in [1.807, 2.05) is 37.3 Å². The smallest absolute Gasteiger partial charge is 0.276 e. The van der Waals surface area contributed by atoms with Crippen LogP contribution >= 0.6 is 0 Å². The number of fused-ring (bicyclic) bond motifs is 1. The van der Waals surface area contributed by atoms with Crippen LogP contribution < -0.4 is 15.8 Å². The minimum atomic E-state index is -0.793. The average Bonchev–Trinajstić information content (AvgIpc) is 3.51. The van der Waals surface area contributed by atoms with E-state index in [1.54, 1.807) is 12.1 Å². The lowest BCUT2D eigenvalue weighted by atomic mass is 10.2. The molecule has 0 atom stereocenters. The highest BCUT2D eigenvalue weighted by Gasteiger charge is 2.24. The summed E-state index contributed by atoms with van der Waals surface area (Å²) in [6.45, 7) is 6.58. The van der Waals surface area contributed by atoms with Gasteiger partial charge in [-0.25, -0.2) is 9.97 Å². The summed E-state index contributed by atoms with van der Waals surface area (Å²) in [6, 6.07) is 12.8. The highest BCUT2D eigenvalue weighted by molar-refractivity contribution is 6.10. The van der Waals surface area contributed by atoms with Crippen molar-refractivity contribution in [3.63, 3.8) is 0 Å². The van der Waals surface area contributed by atoms with Crippen LogP contribution in [0.5, 0.6) is 5.75 Å². The van der Waals surface area contributed by atoms with Crippen LogP contribution in [0.25, 0.3) is 17.0 Å². The number of carbonyl (C=O) groups is 2. The number of nitrogens with one attached hydrogen (secondary N) is 2. The Morgan fingerprint density at radius 3 is 2.75 bits per heavy atom. The van der Waals surface area contributed by atoms with Crippen molar-refractivity contribution in [2.75, 3.05) is 44.8 Å². The molecule has 0 unspecified atom stereocenters.